The van der Waals surface area contributed by atoms with Gasteiger partial charge in [-0.2, -0.15) is 0 Å². The molecule has 2 aliphatic heterocycles. The SMILES string of the molecule is CN1CCC(c2nc3cccnc3n2C2CCCS2)CC1. The number of likely N-dealkylation sites (tertiary alicyclic amines) is 1. The van der Waals surface area contributed by atoms with Gasteiger partial charge in [0.1, 0.15) is 11.3 Å². The van der Waals surface area contributed by atoms with Crippen LogP contribution in [0.1, 0.15) is 42.8 Å². The van der Waals surface area contributed by atoms with E-state index in [0.29, 0.717) is 11.3 Å². The van der Waals surface area contributed by atoms with Crippen LogP contribution < -0.4 is 0 Å². The molecule has 1 atom stereocenters. The molecule has 2 saturated heterocycles. The highest BCUT2D eigenvalue weighted by atomic mass is 32.2. The maximum atomic E-state index is 4.97. The third kappa shape index (κ3) is 2.46. The number of aromatic nitrogens is 3. The average molecular weight is 302 g/mol. The lowest BCUT2D eigenvalue weighted by atomic mass is 9.96. The van der Waals surface area contributed by atoms with Gasteiger partial charge in [-0.3, -0.25) is 4.57 Å². The Bertz CT molecular complexity index is 624. The van der Waals surface area contributed by atoms with Crippen molar-refractivity contribution in [2.24, 2.45) is 0 Å². The number of thioether (sulfide) groups is 1. The van der Waals surface area contributed by atoms with Gasteiger partial charge in [-0.25, -0.2) is 9.97 Å². The molecule has 0 saturated carbocycles. The van der Waals surface area contributed by atoms with Gasteiger partial charge in [0.15, 0.2) is 5.65 Å². The fraction of sp³-hybridized carbons (Fsp3) is 0.625. The molecule has 0 amide bonds. The van der Waals surface area contributed by atoms with Crippen LogP contribution in [0.3, 0.4) is 0 Å². The predicted molar refractivity (Wildman–Crippen MR) is 87.7 cm³/mol. The maximum absolute atomic E-state index is 4.97. The van der Waals surface area contributed by atoms with Crippen molar-refractivity contribution in [3.05, 3.63) is 24.2 Å². The van der Waals surface area contributed by atoms with Crippen molar-refractivity contribution in [2.75, 3.05) is 25.9 Å². The van der Waals surface area contributed by atoms with Gasteiger partial charge in [-0.1, -0.05) is 0 Å². The van der Waals surface area contributed by atoms with Gasteiger partial charge in [-0.15, -0.1) is 11.8 Å². The number of rotatable bonds is 2. The highest BCUT2D eigenvalue weighted by Crippen LogP contribution is 2.41. The Morgan fingerprint density at radius 3 is 2.86 bits per heavy atom. The van der Waals surface area contributed by atoms with Crippen molar-refractivity contribution >= 4 is 22.9 Å². The molecule has 112 valence electrons. The van der Waals surface area contributed by atoms with E-state index in [2.05, 4.69) is 39.3 Å². The molecule has 2 aromatic heterocycles. The van der Waals surface area contributed by atoms with Gasteiger partial charge in [0.25, 0.3) is 0 Å². The minimum absolute atomic E-state index is 0.541. The highest BCUT2D eigenvalue weighted by Gasteiger charge is 2.29. The number of pyridine rings is 1. The van der Waals surface area contributed by atoms with Crippen molar-refractivity contribution < 1.29 is 0 Å². The minimum atomic E-state index is 0.541. The van der Waals surface area contributed by atoms with Crippen molar-refractivity contribution in [3.63, 3.8) is 0 Å². The number of hydrogen-bond acceptors (Lipinski definition) is 4. The van der Waals surface area contributed by atoms with Crippen molar-refractivity contribution in [3.8, 4) is 0 Å². The Hall–Kier alpha value is -1.07. The fourth-order valence-electron chi connectivity index (χ4n) is 3.55. The van der Waals surface area contributed by atoms with Crippen molar-refractivity contribution in [2.45, 2.75) is 37.0 Å². The minimum Gasteiger partial charge on any atom is -0.306 e. The van der Waals surface area contributed by atoms with E-state index in [1.54, 1.807) is 0 Å². The molecule has 1 unspecified atom stereocenters. The first-order chi connectivity index (χ1) is 10.3. The van der Waals surface area contributed by atoms with Gasteiger partial charge in [0.05, 0.1) is 5.37 Å². The standard InChI is InChI=1S/C16H22N4S/c1-19-9-6-12(7-10-19)15-18-13-4-2-8-17-16(13)20(15)14-5-3-11-21-14/h2,4,8,12,14H,3,5-7,9-11H2,1H3. The van der Waals surface area contributed by atoms with E-state index in [4.69, 9.17) is 4.98 Å². The molecule has 4 heterocycles. The van der Waals surface area contributed by atoms with Crippen LogP contribution in [0, 0.1) is 0 Å². The van der Waals surface area contributed by atoms with Crippen LogP contribution in [0.4, 0.5) is 0 Å². The zero-order valence-electron chi connectivity index (χ0n) is 12.5. The van der Waals surface area contributed by atoms with Crippen LogP contribution in [-0.2, 0) is 0 Å². The molecule has 4 nitrogen and oxygen atoms in total. The summed E-state index contributed by atoms with van der Waals surface area (Å²) in [5.74, 6) is 3.15. The van der Waals surface area contributed by atoms with Gasteiger partial charge in [-0.05, 0) is 63.7 Å². The second-order valence-corrected chi connectivity index (χ2v) is 7.52. The van der Waals surface area contributed by atoms with Crippen LogP contribution >= 0.6 is 11.8 Å². The quantitative estimate of drug-likeness (QED) is 0.852. The summed E-state index contributed by atoms with van der Waals surface area (Å²) in [6, 6.07) is 4.11. The number of piperidine rings is 1. The Balaban J connectivity index is 1.77. The summed E-state index contributed by atoms with van der Waals surface area (Å²) < 4.78 is 2.46. The molecule has 0 bridgehead atoms. The lowest BCUT2D eigenvalue weighted by Gasteiger charge is -2.29. The van der Waals surface area contributed by atoms with E-state index in [-0.39, 0.29) is 0 Å². The smallest absolute Gasteiger partial charge is 0.160 e. The number of hydrogen-bond donors (Lipinski definition) is 0. The van der Waals surface area contributed by atoms with E-state index in [0.717, 1.165) is 11.2 Å². The van der Waals surface area contributed by atoms with Crippen LogP contribution in [0.2, 0.25) is 0 Å². The molecule has 0 N–H and O–H groups in total. The van der Waals surface area contributed by atoms with Gasteiger partial charge in [0.2, 0.25) is 0 Å². The lowest BCUT2D eigenvalue weighted by Crippen LogP contribution is -2.30. The maximum Gasteiger partial charge on any atom is 0.160 e. The molecule has 0 spiro atoms. The third-order valence-corrected chi connectivity index (χ3v) is 6.11. The summed E-state index contributed by atoms with van der Waals surface area (Å²) in [5.41, 5.74) is 2.16. The zero-order chi connectivity index (χ0) is 14.2. The molecular weight excluding hydrogens is 280 g/mol. The van der Waals surface area contributed by atoms with E-state index in [1.165, 1.54) is 50.4 Å². The third-order valence-electron chi connectivity index (χ3n) is 4.75. The molecule has 0 aliphatic carbocycles. The number of nitrogens with zero attached hydrogens (tertiary/aromatic N) is 4. The Morgan fingerprint density at radius 2 is 2.10 bits per heavy atom. The van der Waals surface area contributed by atoms with E-state index in [9.17, 15) is 0 Å². The predicted octanol–water partition coefficient (Wildman–Crippen LogP) is 3.27. The summed E-state index contributed by atoms with van der Waals surface area (Å²) in [6.45, 7) is 2.36. The van der Waals surface area contributed by atoms with Crippen LogP contribution in [0.15, 0.2) is 18.3 Å². The van der Waals surface area contributed by atoms with E-state index >= 15 is 0 Å². The van der Waals surface area contributed by atoms with E-state index in [1.807, 2.05) is 12.3 Å². The monoisotopic (exact) mass is 302 g/mol. The lowest BCUT2D eigenvalue weighted by molar-refractivity contribution is 0.248. The highest BCUT2D eigenvalue weighted by molar-refractivity contribution is 7.99. The van der Waals surface area contributed by atoms with Crippen LogP contribution in [0.25, 0.3) is 11.2 Å². The molecule has 2 aliphatic rings. The summed E-state index contributed by atoms with van der Waals surface area (Å²) in [5, 5.41) is 0.541. The molecule has 5 heteroatoms. The van der Waals surface area contributed by atoms with Crippen molar-refractivity contribution in [1.29, 1.82) is 0 Å². The van der Waals surface area contributed by atoms with Crippen molar-refractivity contribution in [1.82, 2.24) is 19.4 Å². The van der Waals surface area contributed by atoms with E-state index < -0.39 is 0 Å². The van der Waals surface area contributed by atoms with Gasteiger partial charge < -0.3 is 4.90 Å². The average Bonchev–Trinajstić information content (AvgIpc) is 3.14. The molecule has 2 aromatic rings. The topological polar surface area (TPSA) is 34.0 Å². The fourth-order valence-corrected chi connectivity index (χ4v) is 4.85. The largest absolute Gasteiger partial charge is 0.306 e. The molecule has 2 fully saturated rings. The molecular formula is C16H22N4S. The van der Waals surface area contributed by atoms with Crippen LogP contribution in [0.5, 0.6) is 0 Å². The first-order valence-corrected chi connectivity index (χ1v) is 9.01. The van der Waals surface area contributed by atoms with Gasteiger partial charge >= 0.3 is 0 Å². The molecule has 4 rings (SSSR count). The normalized spacial score (nSPS) is 24.9. The Labute approximate surface area is 129 Å². The van der Waals surface area contributed by atoms with Crippen LogP contribution in [-0.4, -0.2) is 45.3 Å². The Kier molecular flexibility index (Phi) is 3.63. The number of imidazole rings is 1. The molecule has 21 heavy (non-hydrogen) atoms. The molecule has 0 aromatic carbocycles. The Morgan fingerprint density at radius 1 is 1.24 bits per heavy atom. The number of fused-ring (bicyclic) bond motifs is 1. The summed E-state index contributed by atoms with van der Waals surface area (Å²) in [7, 11) is 2.22. The van der Waals surface area contributed by atoms with Gasteiger partial charge in [0, 0.05) is 12.1 Å². The second-order valence-electron chi connectivity index (χ2n) is 6.23. The second kappa shape index (κ2) is 5.61. The summed E-state index contributed by atoms with van der Waals surface area (Å²) in [6.07, 6.45) is 6.91. The first kappa shape index (κ1) is 13.6. The molecule has 0 radical (unpaired) electrons. The summed E-state index contributed by atoms with van der Waals surface area (Å²) >= 11 is 2.07. The summed E-state index contributed by atoms with van der Waals surface area (Å²) in [4.78, 5) is 12.0. The zero-order valence-corrected chi connectivity index (χ0v) is 13.4. The first-order valence-electron chi connectivity index (χ1n) is 7.96.